The molecule has 160 valence electrons. The van der Waals surface area contributed by atoms with E-state index in [0.29, 0.717) is 30.5 Å². The molecule has 2 aromatic heterocycles. The van der Waals surface area contributed by atoms with Crippen LogP contribution in [0.4, 0.5) is 0 Å². The third kappa shape index (κ3) is 3.88. The number of nitrogens with zero attached hydrogens (tertiary/aromatic N) is 1. The van der Waals surface area contributed by atoms with Crippen LogP contribution in [-0.2, 0) is 11.2 Å². The lowest BCUT2D eigenvalue weighted by Crippen LogP contribution is -2.42. The molecule has 5 rings (SSSR count). The Morgan fingerprint density at radius 3 is 2.81 bits per heavy atom. The number of carbonyl (C=O) groups is 1. The highest BCUT2D eigenvalue weighted by molar-refractivity contribution is 5.95. The molecule has 1 saturated heterocycles. The third-order valence-corrected chi connectivity index (χ3v) is 6.64. The van der Waals surface area contributed by atoms with E-state index in [1.54, 1.807) is 6.92 Å². The van der Waals surface area contributed by atoms with Crippen molar-refractivity contribution >= 4 is 16.8 Å². The van der Waals surface area contributed by atoms with Gasteiger partial charge in [-0.1, -0.05) is 24.6 Å². The Labute approximate surface area is 180 Å². The van der Waals surface area contributed by atoms with Gasteiger partial charge in [0, 0.05) is 23.4 Å². The fourth-order valence-corrected chi connectivity index (χ4v) is 4.62. The Morgan fingerprint density at radius 2 is 2.03 bits per heavy atom. The largest absolute Gasteiger partial charge is 0.427 e. The number of hydrogen-bond donors (Lipinski definition) is 1. The standard InChI is InChI=1S/C25H26N2O4/c1-15-11-22(16-5-4-6-16)31-25(29)23(15)24(28)27-21-14-30-13-18(21)12-17-9-10-26-20-8-3-2-7-19(17)20/h2-3,7-11,16,18,21H,4-6,12-14H2,1H3,(H,27,28)/t18-,21+/m1/s1. The first-order valence-electron chi connectivity index (χ1n) is 11.0. The quantitative estimate of drug-likeness (QED) is 0.682. The van der Waals surface area contributed by atoms with Crippen molar-refractivity contribution in [3.8, 4) is 0 Å². The Bertz CT molecular complexity index is 1180. The van der Waals surface area contributed by atoms with Crippen molar-refractivity contribution in [1.82, 2.24) is 10.3 Å². The van der Waals surface area contributed by atoms with Crippen LogP contribution in [-0.4, -0.2) is 30.1 Å². The Kier molecular flexibility index (Phi) is 5.32. The average molecular weight is 418 g/mol. The molecule has 0 spiro atoms. The van der Waals surface area contributed by atoms with Crippen LogP contribution in [0.1, 0.15) is 52.4 Å². The number of amides is 1. The number of aromatic nitrogens is 1. The lowest BCUT2D eigenvalue weighted by atomic mass is 9.83. The minimum Gasteiger partial charge on any atom is -0.427 e. The molecule has 2 aliphatic rings. The van der Waals surface area contributed by atoms with Crippen molar-refractivity contribution in [1.29, 1.82) is 0 Å². The summed E-state index contributed by atoms with van der Waals surface area (Å²) in [5.41, 5.74) is 2.37. The summed E-state index contributed by atoms with van der Waals surface area (Å²) < 4.78 is 11.2. The molecule has 1 N–H and O–H groups in total. The summed E-state index contributed by atoms with van der Waals surface area (Å²) in [6.45, 7) is 2.81. The molecule has 1 saturated carbocycles. The van der Waals surface area contributed by atoms with E-state index >= 15 is 0 Å². The maximum absolute atomic E-state index is 13.0. The molecule has 0 radical (unpaired) electrons. The van der Waals surface area contributed by atoms with Crippen LogP contribution in [0.3, 0.4) is 0 Å². The van der Waals surface area contributed by atoms with Gasteiger partial charge in [-0.25, -0.2) is 4.79 Å². The number of pyridine rings is 1. The average Bonchev–Trinajstić information content (AvgIpc) is 3.13. The second-order valence-electron chi connectivity index (χ2n) is 8.69. The van der Waals surface area contributed by atoms with E-state index in [1.807, 2.05) is 36.5 Å². The van der Waals surface area contributed by atoms with E-state index in [9.17, 15) is 9.59 Å². The topological polar surface area (TPSA) is 81.4 Å². The molecule has 6 nitrogen and oxygen atoms in total. The number of rotatable bonds is 5. The fraction of sp³-hybridized carbons (Fsp3) is 0.400. The van der Waals surface area contributed by atoms with Crippen molar-refractivity contribution in [3.05, 3.63) is 75.5 Å². The van der Waals surface area contributed by atoms with Gasteiger partial charge in [-0.05, 0) is 55.5 Å². The molecule has 1 aliphatic heterocycles. The molecule has 2 fully saturated rings. The summed E-state index contributed by atoms with van der Waals surface area (Å²) in [7, 11) is 0. The highest BCUT2D eigenvalue weighted by atomic mass is 16.5. The highest BCUT2D eigenvalue weighted by Gasteiger charge is 2.32. The number of aryl methyl sites for hydroxylation is 1. The first-order chi connectivity index (χ1) is 15.1. The summed E-state index contributed by atoms with van der Waals surface area (Å²) in [4.78, 5) is 30.0. The molecule has 0 unspecified atom stereocenters. The second-order valence-corrected chi connectivity index (χ2v) is 8.69. The molecule has 1 aromatic carbocycles. The van der Waals surface area contributed by atoms with Crippen molar-refractivity contribution in [2.75, 3.05) is 13.2 Å². The van der Waals surface area contributed by atoms with Gasteiger partial charge in [0.15, 0.2) is 0 Å². The zero-order valence-electron chi connectivity index (χ0n) is 17.6. The van der Waals surface area contributed by atoms with E-state index in [2.05, 4.69) is 16.4 Å². The highest BCUT2D eigenvalue weighted by Crippen LogP contribution is 2.36. The van der Waals surface area contributed by atoms with Crippen molar-refractivity contribution in [3.63, 3.8) is 0 Å². The summed E-state index contributed by atoms with van der Waals surface area (Å²) in [6.07, 6.45) is 5.82. The van der Waals surface area contributed by atoms with Gasteiger partial charge in [-0.15, -0.1) is 0 Å². The molecule has 6 heteroatoms. The van der Waals surface area contributed by atoms with E-state index in [-0.39, 0.29) is 23.4 Å². The number of nitrogens with one attached hydrogen (secondary N) is 1. The smallest absolute Gasteiger partial charge is 0.349 e. The molecular weight excluding hydrogens is 392 g/mol. The Balaban J connectivity index is 1.33. The lowest BCUT2D eigenvalue weighted by Gasteiger charge is -2.24. The number of carbonyl (C=O) groups excluding carboxylic acids is 1. The first kappa shape index (κ1) is 19.9. The first-order valence-corrected chi connectivity index (χ1v) is 11.0. The van der Waals surface area contributed by atoms with Gasteiger partial charge in [-0.2, -0.15) is 0 Å². The molecule has 3 aromatic rings. The van der Waals surface area contributed by atoms with Gasteiger partial charge in [-0.3, -0.25) is 9.78 Å². The predicted octanol–water partition coefficient (Wildman–Crippen LogP) is 3.75. The monoisotopic (exact) mass is 418 g/mol. The maximum Gasteiger partial charge on any atom is 0.349 e. The normalized spacial score (nSPS) is 21.2. The molecule has 31 heavy (non-hydrogen) atoms. The molecular formula is C25H26N2O4. The van der Waals surface area contributed by atoms with Gasteiger partial charge in [0.1, 0.15) is 11.3 Å². The molecule has 2 atom stereocenters. The van der Waals surface area contributed by atoms with E-state index in [0.717, 1.165) is 36.6 Å². The molecule has 3 heterocycles. The molecule has 0 bridgehead atoms. The SMILES string of the molecule is Cc1cc(C2CCC2)oc(=O)c1C(=O)N[C@H]1COC[C@H]1Cc1ccnc2ccccc12. The van der Waals surface area contributed by atoms with Gasteiger partial charge in [0.25, 0.3) is 5.91 Å². The van der Waals surface area contributed by atoms with Crippen molar-refractivity contribution < 1.29 is 13.9 Å². The maximum atomic E-state index is 13.0. The van der Waals surface area contributed by atoms with Gasteiger partial charge < -0.3 is 14.5 Å². The molecule has 1 aliphatic carbocycles. The number of hydrogen-bond acceptors (Lipinski definition) is 5. The number of ether oxygens (including phenoxy) is 1. The lowest BCUT2D eigenvalue weighted by molar-refractivity contribution is 0.0919. The number of fused-ring (bicyclic) bond motifs is 1. The van der Waals surface area contributed by atoms with Crippen LogP contribution in [0.15, 0.2) is 51.8 Å². The minimum absolute atomic E-state index is 0.100. The van der Waals surface area contributed by atoms with Crippen molar-refractivity contribution in [2.45, 2.75) is 44.6 Å². The number of benzene rings is 1. The van der Waals surface area contributed by atoms with Crippen LogP contribution in [0, 0.1) is 12.8 Å². The third-order valence-electron chi connectivity index (χ3n) is 6.64. The van der Waals surface area contributed by atoms with Crippen LogP contribution in [0.25, 0.3) is 10.9 Å². The van der Waals surface area contributed by atoms with Gasteiger partial charge in [0.2, 0.25) is 0 Å². The fourth-order valence-electron chi connectivity index (χ4n) is 4.62. The van der Waals surface area contributed by atoms with E-state index < -0.39 is 5.63 Å². The summed E-state index contributed by atoms with van der Waals surface area (Å²) in [6, 6.07) is 11.8. The van der Waals surface area contributed by atoms with Crippen molar-refractivity contribution in [2.24, 2.45) is 5.92 Å². The summed E-state index contributed by atoms with van der Waals surface area (Å²) in [5.74, 6) is 0.756. The summed E-state index contributed by atoms with van der Waals surface area (Å²) in [5, 5.41) is 4.15. The minimum atomic E-state index is -0.546. The van der Waals surface area contributed by atoms with Gasteiger partial charge in [0.05, 0.1) is 24.8 Å². The molecule has 1 amide bonds. The Morgan fingerprint density at radius 1 is 1.19 bits per heavy atom. The van der Waals surface area contributed by atoms with Crippen LogP contribution in [0.2, 0.25) is 0 Å². The van der Waals surface area contributed by atoms with Gasteiger partial charge >= 0.3 is 5.63 Å². The van der Waals surface area contributed by atoms with Crippen LogP contribution >= 0.6 is 0 Å². The van der Waals surface area contributed by atoms with Crippen LogP contribution < -0.4 is 10.9 Å². The second kappa shape index (κ2) is 8.27. The number of para-hydroxylation sites is 1. The van der Waals surface area contributed by atoms with E-state index in [1.165, 1.54) is 5.56 Å². The van der Waals surface area contributed by atoms with E-state index in [4.69, 9.17) is 9.15 Å². The Hall–Kier alpha value is -2.99. The van der Waals surface area contributed by atoms with Crippen LogP contribution in [0.5, 0.6) is 0 Å². The zero-order valence-corrected chi connectivity index (χ0v) is 17.6. The summed E-state index contributed by atoms with van der Waals surface area (Å²) >= 11 is 0. The predicted molar refractivity (Wildman–Crippen MR) is 117 cm³/mol. The zero-order chi connectivity index (χ0) is 21.4.